The van der Waals surface area contributed by atoms with Crippen LogP contribution in [0.4, 0.5) is 0 Å². The van der Waals surface area contributed by atoms with Crippen molar-refractivity contribution < 1.29 is 9.90 Å². The summed E-state index contributed by atoms with van der Waals surface area (Å²) in [6, 6.07) is 0.639. The van der Waals surface area contributed by atoms with E-state index < -0.39 is 11.5 Å². The maximum absolute atomic E-state index is 11.5. The summed E-state index contributed by atoms with van der Waals surface area (Å²) in [4.78, 5) is 16.3. The molecule has 1 rings (SSSR count). The van der Waals surface area contributed by atoms with Crippen molar-refractivity contribution in [3.8, 4) is 0 Å². The fourth-order valence-electron chi connectivity index (χ4n) is 3.06. The Kier molecular flexibility index (Phi) is 7.63. The fourth-order valence-corrected chi connectivity index (χ4v) is 3.06. The predicted molar refractivity (Wildman–Crippen MR) is 86.7 cm³/mol. The average molecular weight is 299 g/mol. The van der Waals surface area contributed by atoms with E-state index in [0.717, 1.165) is 32.6 Å². The molecule has 5 heteroatoms. The van der Waals surface area contributed by atoms with Crippen molar-refractivity contribution in [2.75, 3.05) is 39.8 Å². The number of nitrogens with zero attached hydrogens (tertiary/aromatic N) is 2. The van der Waals surface area contributed by atoms with Gasteiger partial charge in [0.1, 0.15) is 5.54 Å². The van der Waals surface area contributed by atoms with Gasteiger partial charge in [0.2, 0.25) is 0 Å². The van der Waals surface area contributed by atoms with Crippen molar-refractivity contribution >= 4 is 5.97 Å². The van der Waals surface area contributed by atoms with E-state index in [4.69, 9.17) is 0 Å². The van der Waals surface area contributed by atoms with Gasteiger partial charge in [-0.15, -0.1) is 0 Å². The number of aliphatic carboxylic acids is 1. The first-order valence-electron chi connectivity index (χ1n) is 8.34. The lowest BCUT2D eigenvalue weighted by molar-refractivity contribution is -0.144. The molecule has 0 bridgehead atoms. The van der Waals surface area contributed by atoms with E-state index in [2.05, 4.69) is 36.0 Å². The van der Waals surface area contributed by atoms with Crippen molar-refractivity contribution in [3.05, 3.63) is 0 Å². The number of nitrogens with one attached hydrogen (secondary N) is 1. The monoisotopic (exact) mass is 299 g/mol. The molecule has 0 aliphatic carbocycles. The summed E-state index contributed by atoms with van der Waals surface area (Å²) in [6.45, 7) is 11.0. The fraction of sp³-hybridized carbons (Fsp3) is 0.938. The SMILES string of the molecule is CCCNC(C)(CCN(C)CC1CCCN1CC)C(=O)O. The van der Waals surface area contributed by atoms with E-state index in [1.165, 1.54) is 19.4 Å². The highest BCUT2D eigenvalue weighted by Gasteiger charge is 2.32. The van der Waals surface area contributed by atoms with Crippen LogP contribution in [0.5, 0.6) is 0 Å². The summed E-state index contributed by atoms with van der Waals surface area (Å²) in [5, 5.41) is 12.6. The summed E-state index contributed by atoms with van der Waals surface area (Å²) in [7, 11) is 2.11. The zero-order chi connectivity index (χ0) is 15.9. The Morgan fingerprint density at radius 2 is 2.19 bits per heavy atom. The largest absolute Gasteiger partial charge is 0.480 e. The molecule has 124 valence electrons. The van der Waals surface area contributed by atoms with Crippen LogP contribution in [-0.4, -0.2) is 72.2 Å². The van der Waals surface area contributed by atoms with Crippen LogP contribution in [0.15, 0.2) is 0 Å². The predicted octanol–water partition coefficient (Wildman–Crippen LogP) is 1.64. The molecule has 1 saturated heterocycles. The van der Waals surface area contributed by atoms with E-state index in [1.54, 1.807) is 6.92 Å². The third-order valence-corrected chi connectivity index (χ3v) is 4.66. The van der Waals surface area contributed by atoms with Crippen molar-refractivity contribution in [2.45, 2.75) is 58.0 Å². The summed E-state index contributed by atoms with van der Waals surface area (Å²) in [5.41, 5.74) is -0.815. The third-order valence-electron chi connectivity index (χ3n) is 4.66. The summed E-state index contributed by atoms with van der Waals surface area (Å²) < 4.78 is 0. The zero-order valence-corrected chi connectivity index (χ0v) is 14.2. The van der Waals surface area contributed by atoms with Crippen LogP contribution in [0, 0.1) is 0 Å². The molecule has 0 saturated carbocycles. The topological polar surface area (TPSA) is 55.8 Å². The van der Waals surface area contributed by atoms with E-state index in [-0.39, 0.29) is 0 Å². The van der Waals surface area contributed by atoms with Crippen LogP contribution < -0.4 is 5.32 Å². The highest BCUT2D eigenvalue weighted by atomic mass is 16.4. The van der Waals surface area contributed by atoms with Gasteiger partial charge in [-0.1, -0.05) is 13.8 Å². The minimum atomic E-state index is -0.815. The van der Waals surface area contributed by atoms with Crippen molar-refractivity contribution in [3.63, 3.8) is 0 Å². The highest BCUT2D eigenvalue weighted by Crippen LogP contribution is 2.18. The first kappa shape index (κ1) is 18.4. The van der Waals surface area contributed by atoms with Crippen molar-refractivity contribution in [2.24, 2.45) is 0 Å². The molecule has 0 aromatic carbocycles. The maximum Gasteiger partial charge on any atom is 0.323 e. The molecule has 0 aromatic heterocycles. The first-order valence-corrected chi connectivity index (χ1v) is 8.34. The number of carboxylic acids is 1. The summed E-state index contributed by atoms with van der Waals surface area (Å²) in [5.74, 6) is -0.750. The number of likely N-dealkylation sites (N-methyl/N-ethyl adjacent to an activating group) is 2. The van der Waals surface area contributed by atoms with Gasteiger partial charge >= 0.3 is 5.97 Å². The Balaban J connectivity index is 2.42. The Hall–Kier alpha value is -0.650. The van der Waals surface area contributed by atoms with Crippen LogP contribution in [0.3, 0.4) is 0 Å². The number of carbonyl (C=O) groups is 1. The second kappa shape index (κ2) is 8.71. The van der Waals surface area contributed by atoms with E-state index in [9.17, 15) is 9.90 Å². The number of carboxylic acid groups (broad SMARTS) is 1. The highest BCUT2D eigenvalue weighted by molar-refractivity contribution is 5.78. The molecule has 1 aliphatic heterocycles. The Morgan fingerprint density at radius 3 is 2.76 bits per heavy atom. The van der Waals surface area contributed by atoms with Gasteiger partial charge in [-0.3, -0.25) is 9.69 Å². The molecular weight excluding hydrogens is 266 g/mol. The van der Waals surface area contributed by atoms with Crippen LogP contribution in [0.2, 0.25) is 0 Å². The standard InChI is InChI=1S/C16H33N3O2/c1-5-10-17-16(3,15(20)21)9-12-18(4)13-14-8-7-11-19(14)6-2/h14,17H,5-13H2,1-4H3,(H,20,21). The minimum absolute atomic E-state index is 0.637. The number of hydrogen-bond acceptors (Lipinski definition) is 4. The number of hydrogen-bond donors (Lipinski definition) is 2. The summed E-state index contributed by atoms with van der Waals surface area (Å²) in [6.07, 6.45) is 4.14. The van der Waals surface area contributed by atoms with E-state index in [0.29, 0.717) is 12.5 Å². The molecule has 1 heterocycles. The molecule has 0 amide bonds. The summed E-state index contributed by atoms with van der Waals surface area (Å²) >= 11 is 0. The van der Waals surface area contributed by atoms with E-state index >= 15 is 0 Å². The normalized spacial score (nSPS) is 22.6. The Morgan fingerprint density at radius 1 is 1.48 bits per heavy atom. The van der Waals surface area contributed by atoms with Gasteiger partial charge in [-0.2, -0.15) is 0 Å². The molecule has 0 aromatic rings. The van der Waals surface area contributed by atoms with Crippen LogP contribution in [0.1, 0.15) is 46.5 Å². The molecule has 21 heavy (non-hydrogen) atoms. The number of rotatable bonds is 10. The molecule has 2 N–H and O–H groups in total. The van der Waals surface area contributed by atoms with Crippen molar-refractivity contribution in [1.82, 2.24) is 15.1 Å². The molecule has 5 nitrogen and oxygen atoms in total. The Bertz CT molecular complexity index is 325. The molecule has 2 atom stereocenters. The quantitative estimate of drug-likeness (QED) is 0.642. The third kappa shape index (κ3) is 5.57. The van der Waals surface area contributed by atoms with Crippen LogP contribution in [-0.2, 0) is 4.79 Å². The van der Waals surface area contributed by atoms with Gasteiger partial charge in [0.05, 0.1) is 0 Å². The molecule has 1 aliphatic rings. The van der Waals surface area contributed by atoms with Gasteiger partial charge in [-0.05, 0) is 59.3 Å². The average Bonchev–Trinajstić information content (AvgIpc) is 2.89. The zero-order valence-electron chi connectivity index (χ0n) is 14.2. The van der Waals surface area contributed by atoms with Gasteiger partial charge < -0.3 is 15.3 Å². The first-order chi connectivity index (χ1) is 9.92. The Labute approximate surface area is 129 Å². The van der Waals surface area contributed by atoms with Crippen LogP contribution >= 0.6 is 0 Å². The number of likely N-dealkylation sites (tertiary alicyclic amines) is 1. The van der Waals surface area contributed by atoms with Gasteiger partial charge in [0.25, 0.3) is 0 Å². The van der Waals surface area contributed by atoms with E-state index in [1.807, 2.05) is 0 Å². The van der Waals surface area contributed by atoms with Crippen LogP contribution in [0.25, 0.3) is 0 Å². The van der Waals surface area contributed by atoms with Gasteiger partial charge in [0.15, 0.2) is 0 Å². The molecular formula is C16H33N3O2. The molecule has 2 unspecified atom stereocenters. The lowest BCUT2D eigenvalue weighted by Crippen LogP contribution is -2.52. The maximum atomic E-state index is 11.5. The second-order valence-electron chi connectivity index (χ2n) is 6.50. The minimum Gasteiger partial charge on any atom is -0.480 e. The molecule has 0 spiro atoms. The van der Waals surface area contributed by atoms with Crippen molar-refractivity contribution in [1.29, 1.82) is 0 Å². The lowest BCUT2D eigenvalue weighted by atomic mass is 9.97. The van der Waals surface area contributed by atoms with Gasteiger partial charge in [0, 0.05) is 19.1 Å². The molecule has 1 fully saturated rings. The van der Waals surface area contributed by atoms with Gasteiger partial charge in [-0.25, -0.2) is 0 Å². The lowest BCUT2D eigenvalue weighted by Gasteiger charge is -2.31. The smallest absolute Gasteiger partial charge is 0.323 e. The second-order valence-corrected chi connectivity index (χ2v) is 6.50. The molecule has 0 radical (unpaired) electrons.